The summed E-state index contributed by atoms with van der Waals surface area (Å²) >= 11 is 0. The number of fused-ring (bicyclic) bond motifs is 1. The second kappa shape index (κ2) is 5.24. The van der Waals surface area contributed by atoms with Crippen molar-refractivity contribution in [3.05, 3.63) is 18.3 Å². The third-order valence-electron chi connectivity index (χ3n) is 5.07. The zero-order chi connectivity index (χ0) is 14.2. The highest BCUT2D eigenvalue weighted by Crippen LogP contribution is 2.33. The topological polar surface area (TPSA) is 47.1 Å². The van der Waals surface area contributed by atoms with E-state index in [1.807, 2.05) is 0 Å². The molecule has 0 amide bonds. The van der Waals surface area contributed by atoms with Crippen LogP contribution >= 0.6 is 0 Å². The van der Waals surface area contributed by atoms with E-state index in [9.17, 15) is 0 Å². The minimum atomic E-state index is 0.595. The molecular formula is C17H24N4. The first-order valence-corrected chi connectivity index (χ1v) is 8.34. The number of nitrogens with two attached hydrogens (primary N) is 1. The summed E-state index contributed by atoms with van der Waals surface area (Å²) in [5, 5.41) is 6.01. The van der Waals surface area contributed by atoms with E-state index < -0.39 is 0 Å². The van der Waals surface area contributed by atoms with Crippen molar-refractivity contribution >= 4 is 22.3 Å². The first-order chi connectivity index (χ1) is 10.3. The van der Waals surface area contributed by atoms with Gasteiger partial charge in [-0.1, -0.05) is 12.8 Å². The zero-order valence-corrected chi connectivity index (χ0v) is 12.6. The molecule has 0 unspecified atom stereocenters. The van der Waals surface area contributed by atoms with Crippen LogP contribution in [-0.2, 0) is 0 Å². The quantitative estimate of drug-likeness (QED) is 0.855. The van der Waals surface area contributed by atoms with Gasteiger partial charge in [0.2, 0.25) is 0 Å². The van der Waals surface area contributed by atoms with Gasteiger partial charge in [0.1, 0.15) is 0 Å². The van der Waals surface area contributed by atoms with Crippen LogP contribution in [0.3, 0.4) is 0 Å². The van der Waals surface area contributed by atoms with E-state index in [1.165, 1.54) is 56.0 Å². The summed E-state index contributed by atoms with van der Waals surface area (Å²) in [5.41, 5.74) is 9.47. The maximum atomic E-state index is 6.30. The van der Waals surface area contributed by atoms with Gasteiger partial charge in [-0.3, -0.25) is 4.68 Å². The Kier molecular flexibility index (Phi) is 3.24. The van der Waals surface area contributed by atoms with E-state index in [-0.39, 0.29) is 0 Å². The second-order valence-electron chi connectivity index (χ2n) is 6.56. The minimum absolute atomic E-state index is 0.595. The lowest BCUT2D eigenvalue weighted by molar-refractivity contribution is 0.470. The molecule has 1 aromatic carbocycles. The Morgan fingerprint density at radius 3 is 2.52 bits per heavy atom. The maximum absolute atomic E-state index is 6.30. The van der Waals surface area contributed by atoms with Crippen LogP contribution in [0.2, 0.25) is 0 Å². The molecule has 21 heavy (non-hydrogen) atoms. The van der Waals surface area contributed by atoms with Crippen LogP contribution in [0.25, 0.3) is 10.9 Å². The van der Waals surface area contributed by atoms with Crippen molar-refractivity contribution in [2.24, 2.45) is 0 Å². The highest BCUT2D eigenvalue weighted by atomic mass is 15.3. The Balaban J connectivity index is 1.70. The van der Waals surface area contributed by atoms with Gasteiger partial charge in [-0.05, 0) is 44.2 Å². The van der Waals surface area contributed by atoms with Gasteiger partial charge in [0.05, 0.1) is 22.9 Å². The summed E-state index contributed by atoms with van der Waals surface area (Å²) in [4.78, 5) is 2.42. The number of benzene rings is 1. The lowest BCUT2D eigenvalue weighted by Gasteiger charge is -2.29. The number of rotatable bonds is 2. The summed E-state index contributed by atoms with van der Waals surface area (Å²) in [6, 6.07) is 4.90. The van der Waals surface area contributed by atoms with Crippen molar-refractivity contribution in [1.82, 2.24) is 9.78 Å². The number of nitrogen functional groups attached to an aromatic ring is 1. The van der Waals surface area contributed by atoms with E-state index in [0.29, 0.717) is 6.04 Å². The first kappa shape index (κ1) is 13.0. The Labute approximate surface area is 125 Å². The fraction of sp³-hybridized carbons (Fsp3) is 0.588. The molecule has 1 aliphatic carbocycles. The summed E-state index contributed by atoms with van der Waals surface area (Å²) in [6.45, 7) is 2.25. The smallest absolute Gasteiger partial charge is 0.0945 e. The Morgan fingerprint density at radius 2 is 1.76 bits per heavy atom. The van der Waals surface area contributed by atoms with Crippen molar-refractivity contribution in [2.75, 3.05) is 23.7 Å². The third-order valence-corrected chi connectivity index (χ3v) is 5.07. The van der Waals surface area contributed by atoms with Gasteiger partial charge in [-0.15, -0.1) is 0 Å². The molecular weight excluding hydrogens is 260 g/mol. The zero-order valence-electron chi connectivity index (χ0n) is 12.6. The van der Waals surface area contributed by atoms with Gasteiger partial charge >= 0.3 is 0 Å². The molecule has 2 fully saturated rings. The first-order valence-electron chi connectivity index (χ1n) is 8.34. The monoisotopic (exact) mass is 284 g/mol. The molecule has 4 rings (SSSR count). The van der Waals surface area contributed by atoms with E-state index >= 15 is 0 Å². The highest BCUT2D eigenvalue weighted by Gasteiger charge is 2.19. The predicted octanol–water partition coefficient (Wildman–Crippen LogP) is 3.72. The predicted molar refractivity (Wildman–Crippen MR) is 87.7 cm³/mol. The van der Waals surface area contributed by atoms with Gasteiger partial charge in [-0.2, -0.15) is 5.10 Å². The van der Waals surface area contributed by atoms with E-state index in [4.69, 9.17) is 10.8 Å². The summed E-state index contributed by atoms with van der Waals surface area (Å²) < 4.78 is 2.18. The standard InChI is InChI=1S/C17H24N4/c18-15-10-13-12-21(14-6-2-3-7-14)19-16(13)11-17(15)20-8-4-1-5-9-20/h10-12,14H,1-9,18H2. The molecule has 0 radical (unpaired) electrons. The lowest BCUT2D eigenvalue weighted by atomic mass is 10.1. The van der Waals surface area contributed by atoms with Gasteiger partial charge in [0.25, 0.3) is 0 Å². The highest BCUT2D eigenvalue weighted by molar-refractivity contribution is 5.89. The Morgan fingerprint density at radius 1 is 1.00 bits per heavy atom. The Bertz CT molecular complexity index is 634. The SMILES string of the molecule is Nc1cc2cn(C3CCCC3)nc2cc1N1CCCCC1. The van der Waals surface area contributed by atoms with Crippen LogP contribution in [0, 0.1) is 0 Å². The number of nitrogens with zero attached hydrogens (tertiary/aromatic N) is 3. The fourth-order valence-corrected chi connectivity index (χ4v) is 3.86. The molecule has 4 nitrogen and oxygen atoms in total. The molecule has 2 N–H and O–H groups in total. The fourth-order valence-electron chi connectivity index (χ4n) is 3.86. The van der Waals surface area contributed by atoms with Crippen molar-refractivity contribution in [1.29, 1.82) is 0 Å². The number of anilines is 2. The largest absolute Gasteiger partial charge is 0.397 e. The average Bonchev–Trinajstić information content (AvgIpc) is 3.16. The van der Waals surface area contributed by atoms with Gasteiger partial charge < -0.3 is 10.6 Å². The minimum Gasteiger partial charge on any atom is -0.397 e. The number of hydrogen-bond acceptors (Lipinski definition) is 3. The average molecular weight is 284 g/mol. The normalized spacial score (nSPS) is 20.5. The molecule has 0 atom stereocenters. The molecule has 0 spiro atoms. The summed E-state index contributed by atoms with van der Waals surface area (Å²) in [5.74, 6) is 0. The van der Waals surface area contributed by atoms with Crippen LogP contribution in [0.15, 0.2) is 18.3 Å². The van der Waals surface area contributed by atoms with Crippen LogP contribution in [0.1, 0.15) is 51.0 Å². The van der Waals surface area contributed by atoms with Crippen LogP contribution in [0.4, 0.5) is 11.4 Å². The molecule has 2 aromatic rings. The molecule has 1 saturated carbocycles. The molecule has 1 aliphatic heterocycles. The van der Waals surface area contributed by atoms with Crippen molar-refractivity contribution in [2.45, 2.75) is 51.0 Å². The molecule has 0 bridgehead atoms. The van der Waals surface area contributed by atoms with Crippen LogP contribution in [0.5, 0.6) is 0 Å². The van der Waals surface area contributed by atoms with Crippen LogP contribution in [-0.4, -0.2) is 22.9 Å². The van der Waals surface area contributed by atoms with E-state index in [0.717, 1.165) is 24.3 Å². The number of piperidine rings is 1. The van der Waals surface area contributed by atoms with Crippen molar-refractivity contribution < 1.29 is 0 Å². The van der Waals surface area contributed by atoms with Crippen molar-refractivity contribution in [3.63, 3.8) is 0 Å². The Hall–Kier alpha value is -1.71. The maximum Gasteiger partial charge on any atom is 0.0945 e. The van der Waals surface area contributed by atoms with Gasteiger partial charge in [-0.25, -0.2) is 0 Å². The third kappa shape index (κ3) is 2.37. The van der Waals surface area contributed by atoms with Gasteiger partial charge in [0, 0.05) is 24.7 Å². The number of hydrogen-bond donors (Lipinski definition) is 1. The number of aromatic nitrogens is 2. The lowest BCUT2D eigenvalue weighted by Crippen LogP contribution is -2.29. The summed E-state index contributed by atoms with van der Waals surface area (Å²) in [6.07, 6.45) is 11.3. The van der Waals surface area contributed by atoms with Crippen LogP contribution < -0.4 is 10.6 Å². The second-order valence-corrected chi connectivity index (χ2v) is 6.56. The molecule has 1 aromatic heterocycles. The molecule has 1 saturated heterocycles. The molecule has 4 heteroatoms. The molecule has 2 aliphatic rings. The summed E-state index contributed by atoms with van der Waals surface area (Å²) in [7, 11) is 0. The van der Waals surface area contributed by atoms with Crippen molar-refractivity contribution in [3.8, 4) is 0 Å². The van der Waals surface area contributed by atoms with E-state index in [1.54, 1.807) is 0 Å². The molecule has 112 valence electrons. The molecule has 2 heterocycles. The van der Waals surface area contributed by atoms with Gasteiger partial charge in [0.15, 0.2) is 0 Å². The van der Waals surface area contributed by atoms with E-state index in [2.05, 4.69) is 27.9 Å².